The molecule has 0 radical (unpaired) electrons. The molecule has 90 valence electrons. The zero-order valence-corrected chi connectivity index (χ0v) is 11.0. The Bertz CT molecular complexity index is 338. The second-order valence-electron chi connectivity index (χ2n) is 4.37. The van der Waals surface area contributed by atoms with E-state index in [1.54, 1.807) is 0 Å². The number of aryl methyl sites for hydroxylation is 1. The summed E-state index contributed by atoms with van der Waals surface area (Å²) < 4.78 is 2.09. The summed E-state index contributed by atoms with van der Waals surface area (Å²) in [5.74, 6) is 1.13. The van der Waals surface area contributed by atoms with Crippen molar-refractivity contribution in [3.8, 4) is 0 Å². The van der Waals surface area contributed by atoms with Crippen molar-refractivity contribution >= 4 is 11.8 Å². The Morgan fingerprint density at radius 2 is 2.44 bits per heavy atom. The highest BCUT2D eigenvalue weighted by atomic mass is 32.2. The van der Waals surface area contributed by atoms with Crippen LogP contribution in [0, 0.1) is 0 Å². The van der Waals surface area contributed by atoms with Crippen LogP contribution in [0.4, 0.5) is 0 Å². The zero-order chi connectivity index (χ0) is 11.5. The van der Waals surface area contributed by atoms with Crippen molar-refractivity contribution in [2.45, 2.75) is 17.8 Å². The van der Waals surface area contributed by atoms with E-state index < -0.39 is 0 Å². The molecule has 1 aromatic rings. The summed E-state index contributed by atoms with van der Waals surface area (Å²) in [4.78, 5) is 6.78. The first-order valence-electron chi connectivity index (χ1n) is 5.62. The van der Waals surface area contributed by atoms with Gasteiger partial charge < -0.3 is 9.88 Å². The van der Waals surface area contributed by atoms with Crippen LogP contribution < -0.4 is 5.32 Å². The van der Waals surface area contributed by atoms with Gasteiger partial charge in [-0.2, -0.15) is 11.8 Å². The summed E-state index contributed by atoms with van der Waals surface area (Å²) in [5, 5.41) is 4.16. The SMILES string of the molecule is CSC1CNCC1N(C)Cc1nccn1C. The van der Waals surface area contributed by atoms with E-state index in [0.29, 0.717) is 11.3 Å². The van der Waals surface area contributed by atoms with Crippen molar-refractivity contribution < 1.29 is 0 Å². The monoisotopic (exact) mass is 240 g/mol. The van der Waals surface area contributed by atoms with E-state index in [1.165, 1.54) is 0 Å². The quantitative estimate of drug-likeness (QED) is 0.833. The first kappa shape index (κ1) is 12.0. The second-order valence-corrected chi connectivity index (χ2v) is 5.45. The second kappa shape index (κ2) is 5.21. The molecule has 2 atom stereocenters. The largest absolute Gasteiger partial charge is 0.337 e. The third-order valence-electron chi connectivity index (χ3n) is 3.31. The fourth-order valence-electron chi connectivity index (χ4n) is 2.21. The van der Waals surface area contributed by atoms with E-state index in [2.05, 4.69) is 40.1 Å². The molecule has 4 nitrogen and oxygen atoms in total. The molecule has 0 spiro atoms. The van der Waals surface area contributed by atoms with Gasteiger partial charge in [-0.3, -0.25) is 4.90 Å². The topological polar surface area (TPSA) is 33.1 Å². The molecule has 1 fully saturated rings. The predicted octanol–water partition coefficient (Wildman–Crippen LogP) is 0.555. The van der Waals surface area contributed by atoms with Crippen molar-refractivity contribution in [2.75, 3.05) is 26.4 Å². The van der Waals surface area contributed by atoms with Crippen LogP contribution in [0.15, 0.2) is 12.4 Å². The Kier molecular flexibility index (Phi) is 3.89. The lowest BCUT2D eigenvalue weighted by Crippen LogP contribution is -2.39. The molecule has 1 aliphatic heterocycles. The van der Waals surface area contributed by atoms with Crippen molar-refractivity contribution in [3.63, 3.8) is 0 Å². The van der Waals surface area contributed by atoms with Gasteiger partial charge in [-0.1, -0.05) is 0 Å². The van der Waals surface area contributed by atoms with Gasteiger partial charge >= 0.3 is 0 Å². The number of thioether (sulfide) groups is 1. The molecule has 0 aromatic carbocycles. The molecule has 0 aliphatic carbocycles. The van der Waals surface area contributed by atoms with E-state index in [0.717, 1.165) is 25.5 Å². The molecule has 0 amide bonds. The Hall–Kier alpha value is -0.520. The third kappa shape index (κ3) is 2.42. The molecule has 2 rings (SSSR count). The van der Waals surface area contributed by atoms with Crippen LogP contribution in [-0.2, 0) is 13.6 Å². The summed E-state index contributed by atoms with van der Waals surface area (Å²) in [5.41, 5.74) is 0. The van der Waals surface area contributed by atoms with Crippen molar-refractivity contribution in [1.82, 2.24) is 19.8 Å². The van der Waals surface area contributed by atoms with Crippen LogP contribution in [0.25, 0.3) is 0 Å². The standard InChI is InChI=1S/C11H20N4S/c1-14-5-4-13-11(14)8-15(2)9-6-12-7-10(9)16-3/h4-5,9-10,12H,6-8H2,1-3H3. The van der Waals surface area contributed by atoms with E-state index >= 15 is 0 Å². The van der Waals surface area contributed by atoms with Crippen molar-refractivity contribution in [1.29, 1.82) is 0 Å². The minimum atomic E-state index is 0.617. The Morgan fingerprint density at radius 3 is 3.06 bits per heavy atom. The molecule has 5 heteroatoms. The molecular weight excluding hydrogens is 220 g/mol. The van der Waals surface area contributed by atoms with Crippen LogP contribution >= 0.6 is 11.8 Å². The molecule has 1 aliphatic rings. The Labute approximate surface area is 101 Å². The van der Waals surface area contributed by atoms with Gasteiger partial charge in [-0.25, -0.2) is 4.98 Å². The fourth-order valence-corrected chi connectivity index (χ4v) is 3.11. The number of hydrogen-bond acceptors (Lipinski definition) is 4. The van der Waals surface area contributed by atoms with E-state index in [9.17, 15) is 0 Å². The molecule has 0 saturated carbocycles. The van der Waals surface area contributed by atoms with Crippen LogP contribution in [-0.4, -0.2) is 52.1 Å². The fraction of sp³-hybridized carbons (Fsp3) is 0.727. The lowest BCUT2D eigenvalue weighted by atomic mass is 10.2. The van der Waals surface area contributed by atoms with Crippen LogP contribution in [0.5, 0.6) is 0 Å². The van der Waals surface area contributed by atoms with Crippen LogP contribution in [0.2, 0.25) is 0 Å². The summed E-state index contributed by atoms with van der Waals surface area (Å²) >= 11 is 1.95. The summed E-state index contributed by atoms with van der Waals surface area (Å²) in [6, 6.07) is 0.617. The van der Waals surface area contributed by atoms with E-state index in [1.807, 2.05) is 24.2 Å². The van der Waals surface area contributed by atoms with Crippen LogP contribution in [0.3, 0.4) is 0 Å². The first-order chi connectivity index (χ1) is 7.72. The maximum absolute atomic E-state index is 4.37. The Balaban J connectivity index is 1.97. The first-order valence-corrected chi connectivity index (χ1v) is 6.91. The molecule has 2 unspecified atom stereocenters. The minimum absolute atomic E-state index is 0.617. The molecule has 16 heavy (non-hydrogen) atoms. The summed E-state index contributed by atoms with van der Waals surface area (Å²) in [6.07, 6.45) is 6.06. The van der Waals surface area contributed by atoms with Crippen molar-refractivity contribution in [2.24, 2.45) is 7.05 Å². The predicted molar refractivity (Wildman–Crippen MR) is 68.6 cm³/mol. The maximum atomic E-state index is 4.37. The molecule has 1 saturated heterocycles. The zero-order valence-electron chi connectivity index (χ0n) is 10.2. The van der Waals surface area contributed by atoms with Gasteiger partial charge in [0, 0.05) is 43.8 Å². The van der Waals surface area contributed by atoms with Gasteiger partial charge in [0.1, 0.15) is 5.82 Å². The third-order valence-corrected chi connectivity index (χ3v) is 4.40. The summed E-state index contributed by atoms with van der Waals surface area (Å²) in [7, 11) is 4.24. The molecule has 2 heterocycles. The minimum Gasteiger partial charge on any atom is -0.337 e. The number of rotatable bonds is 4. The average Bonchev–Trinajstić information content (AvgIpc) is 2.87. The lowest BCUT2D eigenvalue weighted by Gasteiger charge is -2.27. The number of hydrogen-bond donors (Lipinski definition) is 1. The molecule has 1 N–H and O–H groups in total. The number of likely N-dealkylation sites (N-methyl/N-ethyl adjacent to an activating group) is 1. The number of nitrogens with zero attached hydrogens (tertiary/aromatic N) is 3. The van der Waals surface area contributed by atoms with Gasteiger partial charge in [-0.15, -0.1) is 0 Å². The van der Waals surface area contributed by atoms with Crippen LogP contribution in [0.1, 0.15) is 5.82 Å². The van der Waals surface area contributed by atoms with Gasteiger partial charge in [0.25, 0.3) is 0 Å². The smallest absolute Gasteiger partial charge is 0.122 e. The van der Waals surface area contributed by atoms with Gasteiger partial charge in [0.05, 0.1) is 6.54 Å². The summed E-state index contributed by atoms with van der Waals surface area (Å²) in [6.45, 7) is 3.13. The van der Waals surface area contributed by atoms with Gasteiger partial charge in [0.2, 0.25) is 0 Å². The van der Waals surface area contributed by atoms with Crippen molar-refractivity contribution in [3.05, 3.63) is 18.2 Å². The Morgan fingerprint density at radius 1 is 1.62 bits per heavy atom. The number of nitrogens with one attached hydrogen (secondary N) is 1. The molecular formula is C11H20N4S. The van der Waals surface area contributed by atoms with Gasteiger partial charge in [-0.05, 0) is 13.3 Å². The molecule has 1 aromatic heterocycles. The average molecular weight is 240 g/mol. The normalized spacial score (nSPS) is 25.5. The van der Waals surface area contributed by atoms with Gasteiger partial charge in [0.15, 0.2) is 0 Å². The lowest BCUT2D eigenvalue weighted by molar-refractivity contribution is 0.244. The highest BCUT2D eigenvalue weighted by molar-refractivity contribution is 7.99. The highest BCUT2D eigenvalue weighted by Crippen LogP contribution is 2.20. The number of aromatic nitrogens is 2. The van der Waals surface area contributed by atoms with E-state index in [-0.39, 0.29) is 0 Å². The number of imidazole rings is 1. The molecule has 0 bridgehead atoms. The highest BCUT2D eigenvalue weighted by Gasteiger charge is 2.29. The maximum Gasteiger partial charge on any atom is 0.122 e. The van der Waals surface area contributed by atoms with E-state index in [4.69, 9.17) is 0 Å².